The van der Waals surface area contributed by atoms with Crippen LogP contribution in [0.25, 0.3) is 0 Å². The van der Waals surface area contributed by atoms with Crippen LogP contribution in [0.3, 0.4) is 0 Å². The van der Waals surface area contributed by atoms with Crippen LogP contribution < -0.4 is 5.32 Å². The fourth-order valence-corrected chi connectivity index (χ4v) is 3.59. The molecule has 0 aliphatic carbocycles. The third-order valence-electron chi connectivity index (χ3n) is 4.81. The molecule has 162 valence electrons. The highest BCUT2D eigenvalue weighted by molar-refractivity contribution is 7.12. The molecule has 2 rings (SSSR count). The second-order valence-electron chi connectivity index (χ2n) is 8.69. The largest absolute Gasteiger partial charge is 0.464 e. The molecular formula is C24H31NO4S. The van der Waals surface area contributed by atoms with Gasteiger partial charge in [0.05, 0.1) is 11.5 Å². The molecule has 0 aliphatic rings. The third-order valence-corrected chi connectivity index (χ3v) is 5.72. The zero-order valence-electron chi connectivity index (χ0n) is 18.4. The molecule has 1 N–H and O–H groups in total. The molecule has 0 bridgehead atoms. The Labute approximate surface area is 182 Å². The molecule has 1 aromatic heterocycles. The first-order valence-electron chi connectivity index (χ1n) is 10.2. The van der Waals surface area contributed by atoms with Gasteiger partial charge in [0.1, 0.15) is 6.04 Å². The number of nitrogens with one attached hydrogen (secondary N) is 1. The number of Topliss-reactive ketones (excluding diaryl/α,β-unsaturated/α-hetero) is 1. The summed E-state index contributed by atoms with van der Waals surface area (Å²) in [6, 6.07) is 10.3. The van der Waals surface area contributed by atoms with E-state index in [-0.39, 0.29) is 29.6 Å². The summed E-state index contributed by atoms with van der Waals surface area (Å²) in [6.07, 6.45) is 0.780. The molecule has 0 fully saturated rings. The van der Waals surface area contributed by atoms with Crippen molar-refractivity contribution < 1.29 is 19.1 Å². The Morgan fingerprint density at radius 1 is 1.07 bits per heavy atom. The lowest BCUT2D eigenvalue weighted by Gasteiger charge is -2.22. The van der Waals surface area contributed by atoms with E-state index in [0.29, 0.717) is 23.3 Å². The molecule has 5 nitrogen and oxygen atoms in total. The molecule has 2 aromatic rings. The summed E-state index contributed by atoms with van der Waals surface area (Å²) in [4.78, 5) is 37.8. The summed E-state index contributed by atoms with van der Waals surface area (Å²) in [7, 11) is 0. The van der Waals surface area contributed by atoms with Crippen molar-refractivity contribution in [2.45, 2.75) is 58.9 Å². The molecular weight excluding hydrogens is 398 g/mol. The van der Waals surface area contributed by atoms with Crippen LogP contribution in [0.1, 0.15) is 73.1 Å². The van der Waals surface area contributed by atoms with Crippen LogP contribution in [0.2, 0.25) is 0 Å². The number of esters is 1. The number of carbonyl (C=O) groups excluding carboxylic acids is 3. The van der Waals surface area contributed by atoms with E-state index in [1.165, 1.54) is 11.3 Å². The summed E-state index contributed by atoms with van der Waals surface area (Å²) in [5.41, 5.74) is 1.64. The Morgan fingerprint density at radius 3 is 2.27 bits per heavy atom. The van der Waals surface area contributed by atoms with Crippen LogP contribution in [0.4, 0.5) is 0 Å². The van der Waals surface area contributed by atoms with Gasteiger partial charge in [-0.1, -0.05) is 52.8 Å². The highest BCUT2D eigenvalue weighted by atomic mass is 32.1. The van der Waals surface area contributed by atoms with Gasteiger partial charge >= 0.3 is 5.97 Å². The van der Waals surface area contributed by atoms with E-state index in [0.717, 1.165) is 5.56 Å². The minimum Gasteiger partial charge on any atom is -0.464 e. The number of ketones is 1. The molecule has 0 spiro atoms. The van der Waals surface area contributed by atoms with E-state index < -0.39 is 12.0 Å². The first-order valence-corrected chi connectivity index (χ1v) is 11.1. The maximum absolute atomic E-state index is 12.6. The first kappa shape index (κ1) is 23.8. The predicted octanol–water partition coefficient (Wildman–Crippen LogP) is 5.01. The lowest BCUT2D eigenvalue weighted by Crippen LogP contribution is -2.45. The van der Waals surface area contributed by atoms with Crippen molar-refractivity contribution in [3.05, 3.63) is 57.8 Å². The lowest BCUT2D eigenvalue weighted by molar-refractivity contribution is -0.147. The van der Waals surface area contributed by atoms with Crippen molar-refractivity contribution in [1.82, 2.24) is 5.32 Å². The minimum atomic E-state index is -0.743. The second-order valence-corrected chi connectivity index (χ2v) is 9.64. The van der Waals surface area contributed by atoms with Gasteiger partial charge in [-0.15, -0.1) is 11.3 Å². The Kier molecular flexibility index (Phi) is 8.35. The molecule has 1 amide bonds. The number of thiophene rings is 1. The molecule has 6 heteroatoms. The Morgan fingerprint density at radius 2 is 1.73 bits per heavy atom. The normalized spacial score (nSPS) is 12.5. The maximum Gasteiger partial charge on any atom is 0.328 e. The molecule has 0 aliphatic heterocycles. The Balaban J connectivity index is 1.87. The van der Waals surface area contributed by atoms with Gasteiger partial charge in [0.2, 0.25) is 0 Å². The highest BCUT2D eigenvalue weighted by Crippen LogP contribution is 2.22. The van der Waals surface area contributed by atoms with Gasteiger partial charge in [0, 0.05) is 12.0 Å². The van der Waals surface area contributed by atoms with Gasteiger partial charge in [-0.25, -0.2) is 4.79 Å². The number of benzene rings is 1. The zero-order valence-corrected chi connectivity index (χ0v) is 19.2. The van der Waals surface area contributed by atoms with Crippen molar-refractivity contribution in [3.63, 3.8) is 0 Å². The second kappa shape index (κ2) is 10.5. The smallest absolute Gasteiger partial charge is 0.328 e. The van der Waals surface area contributed by atoms with Crippen LogP contribution >= 0.6 is 11.3 Å². The topological polar surface area (TPSA) is 72.5 Å². The molecule has 1 heterocycles. The van der Waals surface area contributed by atoms with Crippen LogP contribution in [0.15, 0.2) is 41.8 Å². The van der Waals surface area contributed by atoms with E-state index in [4.69, 9.17) is 4.74 Å². The fourth-order valence-electron chi connectivity index (χ4n) is 2.90. The number of carbonyl (C=O) groups is 3. The highest BCUT2D eigenvalue weighted by Gasteiger charge is 2.26. The quantitative estimate of drug-likeness (QED) is 0.346. The first-order chi connectivity index (χ1) is 14.1. The van der Waals surface area contributed by atoms with Gasteiger partial charge in [-0.05, 0) is 46.9 Å². The van der Waals surface area contributed by atoms with Crippen LogP contribution in [0, 0.1) is 5.92 Å². The lowest BCUT2D eigenvalue weighted by atomic mass is 9.86. The summed E-state index contributed by atoms with van der Waals surface area (Å²) in [5.74, 6) is -0.858. The number of amides is 1. The van der Waals surface area contributed by atoms with Crippen molar-refractivity contribution >= 4 is 29.0 Å². The van der Waals surface area contributed by atoms with Crippen molar-refractivity contribution in [2.24, 2.45) is 5.92 Å². The number of rotatable bonds is 9. The zero-order chi connectivity index (χ0) is 22.3. The van der Waals surface area contributed by atoms with Crippen molar-refractivity contribution in [1.29, 1.82) is 0 Å². The number of ether oxygens (including phenoxy) is 1. The summed E-state index contributed by atoms with van der Waals surface area (Å²) >= 11 is 1.41. The number of hydrogen-bond acceptors (Lipinski definition) is 5. The van der Waals surface area contributed by atoms with E-state index in [2.05, 4.69) is 26.1 Å². The summed E-state index contributed by atoms with van der Waals surface area (Å²) in [5, 5.41) is 4.64. The van der Waals surface area contributed by atoms with E-state index >= 15 is 0 Å². The minimum absolute atomic E-state index is 0.00413. The van der Waals surface area contributed by atoms with Crippen LogP contribution in [-0.2, 0) is 14.9 Å². The Hall–Kier alpha value is -2.47. The van der Waals surface area contributed by atoms with Crippen LogP contribution in [0.5, 0.6) is 0 Å². The molecule has 0 unspecified atom stereocenters. The van der Waals surface area contributed by atoms with Crippen LogP contribution in [-0.4, -0.2) is 30.3 Å². The monoisotopic (exact) mass is 429 g/mol. The van der Waals surface area contributed by atoms with E-state index in [9.17, 15) is 14.4 Å². The van der Waals surface area contributed by atoms with E-state index in [1.807, 2.05) is 37.4 Å². The fraction of sp³-hybridized carbons (Fsp3) is 0.458. The maximum atomic E-state index is 12.6. The average molecular weight is 430 g/mol. The molecule has 0 saturated heterocycles. The average Bonchev–Trinajstić information content (AvgIpc) is 3.23. The molecule has 0 radical (unpaired) electrons. The Bertz CT molecular complexity index is 848. The predicted molar refractivity (Wildman–Crippen MR) is 120 cm³/mol. The van der Waals surface area contributed by atoms with E-state index in [1.54, 1.807) is 18.2 Å². The number of hydrogen-bond donors (Lipinski definition) is 1. The standard InChI is InChI=1S/C24H31NO4S/c1-16(2)21(23(28)29-14-6-8-19(26)20-9-7-15-30-20)25-22(27)17-10-12-18(13-11-17)24(3,4)5/h7,9-13,15-16,21H,6,8,14H2,1-5H3,(H,25,27)/t21-/m0/s1. The molecule has 1 atom stereocenters. The molecule has 1 aromatic carbocycles. The van der Waals surface area contributed by atoms with Gasteiger partial charge in [-0.3, -0.25) is 9.59 Å². The third kappa shape index (κ3) is 6.80. The van der Waals surface area contributed by atoms with Gasteiger partial charge in [0.15, 0.2) is 5.78 Å². The van der Waals surface area contributed by atoms with Crippen molar-refractivity contribution in [3.8, 4) is 0 Å². The summed E-state index contributed by atoms with van der Waals surface area (Å²) in [6.45, 7) is 10.2. The molecule has 30 heavy (non-hydrogen) atoms. The van der Waals surface area contributed by atoms with Gasteiger partial charge in [-0.2, -0.15) is 0 Å². The van der Waals surface area contributed by atoms with Gasteiger partial charge in [0.25, 0.3) is 5.91 Å². The molecule has 0 saturated carbocycles. The summed E-state index contributed by atoms with van der Waals surface area (Å²) < 4.78 is 5.33. The van der Waals surface area contributed by atoms with Crippen molar-refractivity contribution in [2.75, 3.05) is 6.61 Å². The van der Waals surface area contributed by atoms with Gasteiger partial charge < -0.3 is 10.1 Å². The SMILES string of the molecule is CC(C)[C@H](NC(=O)c1ccc(C(C)(C)C)cc1)C(=O)OCCCC(=O)c1cccs1.